The predicted molar refractivity (Wildman–Crippen MR) is 80.8 cm³/mol. The molecular formula is C15H23NO4S. The summed E-state index contributed by atoms with van der Waals surface area (Å²) in [5, 5.41) is -0.419. The Morgan fingerprint density at radius 1 is 1.38 bits per heavy atom. The van der Waals surface area contributed by atoms with E-state index in [-0.39, 0.29) is 11.9 Å². The van der Waals surface area contributed by atoms with E-state index in [1.165, 1.54) is 6.26 Å². The lowest BCUT2D eigenvalue weighted by Crippen LogP contribution is -2.44. The molecule has 0 bridgehead atoms. The van der Waals surface area contributed by atoms with Gasteiger partial charge >= 0.3 is 0 Å². The second-order valence-electron chi connectivity index (χ2n) is 5.88. The lowest BCUT2D eigenvalue weighted by atomic mass is 10.1. The highest BCUT2D eigenvalue weighted by Crippen LogP contribution is 2.29. The van der Waals surface area contributed by atoms with Crippen molar-refractivity contribution in [2.24, 2.45) is 0 Å². The standard InChI is InChI=1S/C15H23NO4S/c1-11-7-8-12(20-11)9-10-15(17)16(2)13-5-4-6-14(13)21(3,18)19/h7-8,13-14H,4-6,9-10H2,1-3H3/t13-,14-/m1/s1. The van der Waals surface area contributed by atoms with Gasteiger partial charge in [0.25, 0.3) is 0 Å². The second-order valence-corrected chi connectivity index (χ2v) is 8.15. The Kier molecular flexibility index (Phi) is 4.76. The van der Waals surface area contributed by atoms with Crippen LogP contribution in [0.4, 0.5) is 0 Å². The maximum absolute atomic E-state index is 12.3. The van der Waals surface area contributed by atoms with E-state index in [1.807, 2.05) is 19.1 Å². The molecule has 1 aromatic heterocycles. The molecule has 1 aromatic rings. The van der Waals surface area contributed by atoms with E-state index in [0.717, 1.165) is 24.4 Å². The van der Waals surface area contributed by atoms with Crippen LogP contribution in [0.3, 0.4) is 0 Å². The molecule has 0 spiro atoms. The molecule has 1 heterocycles. The Balaban J connectivity index is 1.95. The summed E-state index contributed by atoms with van der Waals surface area (Å²) in [6, 6.07) is 3.56. The molecule has 5 nitrogen and oxygen atoms in total. The molecule has 0 unspecified atom stereocenters. The minimum absolute atomic E-state index is 0.0235. The van der Waals surface area contributed by atoms with E-state index in [0.29, 0.717) is 19.3 Å². The molecule has 1 amide bonds. The fraction of sp³-hybridized carbons (Fsp3) is 0.667. The summed E-state index contributed by atoms with van der Waals surface area (Å²) < 4.78 is 29.0. The molecule has 2 atom stereocenters. The molecule has 6 heteroatoms. The molecule has 1 aliphatic carbocycles. The van der Waals surface area contributed by atoms with Gasteiger partial charge in [-0.15, -0.1) is 0 Å². The van der Waals surface area contributed by atoms with Crippen molar-refractivity contribution in [3.05, 3.63) is 23.7 Å². The summed E-state index contributed by atoms with van der Waals surface area (Å²) in [7, 11) is -1.39. The normalized spacial score (nSPS) is 22.4. The van der Waals surface area contributed by atoms with Crippen molar-refractivity contribution in [2.45, 2.75) is 50.3 Å². The highest BCUT2D eigenvalue weighted by molar-refractivity contribution is 7.91. The Bertz CT molecular complexity index is 605. The van der Waals surface area contributed by atoms with E-state index in [1.54, 1.807) is 11.9 Å². The van der Waals surface area contributed by atoms with Crippen LogP contribution in [0.5, 0.6) is 0 Å². The van der Waals surface area contributed by atoms with Crippen LogP contribution < -0.4 is 0 Å². The molecule has 118 valence electrons. The number of carbonyl (C=O) groups excluding carboxylic acids is 1. The number of hydrogen-bond acceptors (Lipinski definition) is 4. The van der Waals surface area contributed by atoms with E-state index in [4.69, 9.17) is 4.42 Å². The molecule has 0 saturated heterocycles. The Morgan fingerprint density at radius 2 is 2.10 bits per heavy atom. The molecule has 1 aliphatic rings. The molecular weight excluding hydrogens is 290 g/mol. The van der Waals surface area contributed by atoms with Gasteiger partial charge in [-0.2, -0.15) is 0 Å². The van der Waals surface area contributed by atoms with Crippen molar-refractivity contribution in [1.82, 2.24) is 4.90 Å². The number of furan rings is 1. The van der Waals surface area contributed by atoms with Gasteiger partial charge in [-0.25, -0.2) is 8.42 Å². The molecule has 1 fully saturated rings. The van der Waals surface area contributed by atoms with Crippen LogP contribution >= 0.6 is 0 Å². The quantitative estimate of drug-likeness (QED) is 0.833. The van der Waals surface area contributed by atoms with Gasteiger partial charge in [0.1, 0.15) is 11.5 Å². The largest absolute Gasteiger partial charge is 0.466 e. The molecule has 0 radical (unpaired) electrons. The number of rotatable bonds is 5. The van der Waals surface area contributed by atoms with Crippen molar-refractivity contribution in [2.75, 3.05) is 13.3 Å². The number of nitrogens with zero attached hydrogens (tertiary/aromatic N) is 1. The van der Waals surface area contributed by atoms with E-state index in [9.17, 15) is 13.2 Å². The second kappa shape index (κ2) is 6.22. The van der Waals surface area contributed by atoms with Gasteiger partial charge in [0.05, 0.1) is 5.25 Å². The summed E-state index contributed by atoms with van der Waals surface area (Å²) in [6.07, 6.45) is 4.43. The lowest BCUT2D eigenvalue weighted by Gasteiger charge is -2.28. The first-order chi connectivity index (χ1) is 9.79. The summed E-state index contributed by atoms with van der Waals surface area (Å²) in [5.41, 5.74) is 0. The highest BCUT2D eigenvalue weighted by Gasteiger charge is 2.38. The van der Waals surface area contributed by atoms with Crippen molar-refractivity contribution >= 4 is 15.7 Å². The van der Waals surface area contributed by atoms with Gasteiger partial charge in [-0.05, 0) is 38.3 Å². The SMILES string of the molecule is Cc1ccc(CCC(=O)N(C)[C@@H]2CCC[C@H]2S(C)(=O)=O)o1. The fourth-order valence-corrected chi connectivity index (χ4v) is 4.54. The molecule has 0 aromatic carbocycles. The first-order valence-electron chi connectivity index (χ1n) is 7.29. The summed E-state index contributed by atoms with van der Waals surface area (Å²) >= 11 is 0. The fourth-order valence-electron chi connectivity index (χ4n) is 3.06. The minimum atomic E-state index is -3.11. The van der Waals surface area contributed by atoms with Gasteiger partial charge in [-0.3, -0.25) is 4.79 Å². The summed E-state index contributed by atoms with van der Waals surface area (Å²) in [6.45, 7) is 1.87. The Labute approximate surface area is 126 Å². The van der Waals surface area contributed by atoms with Crippen molar-refractivity contribution < 1.29 is 17.6 Å². The summed E-state index contributed by atoms with van der Waals surface area (Å²) in [4.78, 5) is 13.9. The lowest BCUT2D eigenvalue weighted by molar-refractivity contribution is -0.131. The van der Waals surface area contributed by atoms with Crippen LogP contribution in [0.2, 0.25) is 0 Å². The van der Waals surface area contributed by atoms with Crippen molar-refractivity contribution in [3.63, 3.8) is 0 Å². The van der Waals surface area contributed by atoms with Crippen LogP contribution in [0.15, 0.2) is 16.5 Å². The minimum Gasteiger partial charge on any atom is -0.466 e. The third kappa shape index (κ3) is 3.87. The topological polar surface area (TPSA) is 67.6 Å². The molecule has 0 N–H and O–H groups in total. The highest BCUT2D eigenvalue weighted by atomic mass is 32.2. The Morgan fingerprint density at radius 3 is 2.67 bits per heavy atom. The van der Waals surface area contributed by atoms with Crippen molar-refractivity contribution in [3.8, 4) is 0 Å². The van der Waals surface area contributed by atoms with Crippen molar-refractivity contribution in [1.29, 1.82) is 0 Å². The van der Waals surface area contributed by atoms with E-state index >= 15 is 0 Å². The predicted octanol–water partition coefficient (Wildman–Crippen LogP) is 1.94. The number of sulfone groups is 1. The molecule has 0 aliphatic heterocycles. The zero-order chi connectivity index (χ0) is 15.6. The van der Waals surface area contributed by atoms with Crippen LogP contribution in [-0.4, -0.2) is 43.8 Å². The number of carbonyl (C=O) groups is 1. The molecule has 21 heavy (non-hydrogen) atoms. The average molecular weight is 313 g/mol. The van der Waals surface area contributed by atoms with Crippen LogP contribution in [0, 0.1) is 6.92 Å². The van der Waals surface area contributed by atoms with Crippen LogP contribution in [0.1, 0.15) is 37.2 Å². The first-order valence-corrected chi connectivity index (χ1v) is 9.24. The number of aryl methyl sites for hydroxylation is 2. The monoisotopic (exact) mass is 313 g/mol. The maximum Gasteiger partial charge on any atom is 0.223 e. The van der Waals surface area contributed by atoms with Crippen LogP contribution in [0.25, 0.3) is 0 Å². The zero-order valence-electron chi connectivity index (χ0n) is 12.8. The third-order valence-electron chi connectivity index (χ3n) is 4.24. The first kappa shape index (κ1) is 16.1. The molecule has 1 saturated carbocycles. The zero-order valence-corrected chi connectivity index (χ0v) is 13.6. The Hall–Kier alpha value is -1.30. The third-order valence-corrected chi connectivity index (χ3v) is 5.89. The van der Waals surface area contributed by atoms with Gasteiger partial charge in [-0.1, -0.05) is 0 Å². The van der Waals surface area contributed by atoms with Gasteiger partial charge in [0.15, 0.2) is 9.84 Å². The van der Waals surface area contributed by atoms with E-state index in [2.05, 4.69) is 0 Å². The maximum atomic E-state index is 12.3. The number of hydrogen-bond donors (Lipinski definition) is 0. The van der Waals surface area contributed by atoms with Gasteiger partial charge in [0.2, 0.25) is 5.91 Å². The summed E-state index contributed by atoms with van der Waals surface area (Å²) in [5.74, 6) is 1.60. The van der Waals surface area contributed by atoms with Crippen LogP contribution in [-0.2, 0) is 21.1 Å². The average Bonchev–Trinajstić information content (AvgIpc) is 3.02. The van der Waals surface area contributed by atoms with Gasteiger partial charge in [0, 0.05) is 32.2 Å². The van der Waals surface area contributed by atoms with E-state index < -0.39 is 15.1 Å². The smallest absolute Gasteiger partial charge is 0.223 e. The van der Waals surface area contributed by atoms with Gasteiger partial charge < -0.3 is 9.32 Å². The number of amides is 1. The molecule has 2 rings (SSSR count).